The number of anilines is 3. The van der Waals surface area contributed by atoms with Crippen molar-refractivity contribution in [3.63, 3.8) is 0 Å². The molecule has 2 N–H and O–H groups in total. The van der Waals surface area contributed by atoms with Gasteiger partial charge in [-0.15, -0.1) is 0 Å². The maximum absolute atomic E-state index is 12.2. The molecule has 1 aliphatic heterocycles. The fraction of sp³-hybridized carbons (Fsp3) is 0.316. The maximum atomic E-state index is 12.2. The summed E-state index contributed by atoms with van der Waals surface area (Å²) in [4.78, 5) is 16.9. The van der Waals surface area contributed by atoms with Crippen LogP contribution < -0.4 is 15.5 Å². The molecular weight excluding hydrogens is 336 g/mol. The first kappa shape index (κ1) is 17.6. The first-order chi connectivity index (χ1) is 12.0. The number of halogens is 1. The third-order valence-electron chi connectivity index (χ3n) is 4.43. The van der Waals surface area contributed by atoms with Crippen molar-refractivity contribution in [1.82, 2.24) is 4.90 Å². The minimum atomic E-state index is -0.266. The summed E-state index contributed by atoms with van der Waals surface area (Å²) in [6.45, 7) is 6.21. The van der Waals surface area contributed by atoms with Crippen LogP contribution >= 0.6 is 11.6 Å². The third-order valence-corrected chi connectivity index (χ3v) is 4.68. The van der Waals surface area contributed by atoms with Gasteiger partial charge in [0.15, 0.2) is 0 Å². The highest BCUT2D eigenvalue weighted by Gasteiger charge is 2.15. The Balaban J connectivity index is 1.62. The number of aryl methyl sites for hydroxylation is 1. The second-order valence-electron chi connectivity index (χ2n) is 6.38. The molecule has 5 nitrogen and oxygen atoms in total. The van der Waals surface area contributed by atoms with Gasteiger partial charge < -0.3 is 20.4 Å². The smallest absolute Gasteiger partial charge is 0.323 e. The van der Waals surface area contributed by atoms with E-state index in [9.17, 15) is 4.79 Å². The first-order valence-electron chi connectivity index (χ1n) is 8.39. The van der Waals surface area contributed by atoms with Crippen molar-refractivity contribution in [1.29, 1.82) is 0 Å². The van der Waals surface area contributed by atoms with Crippen molar-refractivity contribution in [3.8, 4) is 0 Å². The number of carbonyl (C=O) groups excluding carboxylic acids is 1. The standard InChI is InChI=1S/C19H23ClN4O/c1-14-13-17(24-11-9-23(2)10-12-24)7-8-18(14)22-19(25)21-16-5-3-15(20)4-6-16/h3-8,13H,9-12H2,1-2H3,(H2,21,22,25). The molecule has 6 heteroatoms. The lowest BCUT2D eigenvalue weighted by Crippen LogP contribution is -2.44. The average Bonchev–Trinajstić information content (AvgIpc) is 2.59. The van der Waals surface area contributed by atoms with Crippen LogP contribution in [0.2, 0.25) is 5.02 Å². The van der Waals surface area contributed by atoms with Crippen molar-refractivity contribution in [2.75, 3.05) is 48.8 Å². The highest BCUT2D eigenvalue weighted by atomic mass is 35.5. The first-order valence-corrected chi connectivity index (χ1v) is 8.77. The molecule has 0 aromatic heterocycles. The number of carbonyl (C=O) groups is 1. The Morgan fingerprint density at radius 3 is 2.32 bits per heavy atom. The van der Waals surface area contributed by atoms with E-state index in [1.54, 1.807) is 24.3 Å². The lowest BCUT2D eigenvalue weighted by atomic mass is 10.1. The Morgan fingerprint density at radius 1 is 1.00 bits per heavy atom. The Hall–Kier alpha value is -2.24. The quantitative estimate of drug-likeness (QED) is 0.870. The van der Waals surface area contributed by atoms with Crippen LogP contribution in [0.5, 0.6) is 0 Å². The van der Waals surface area contributed by atoms with Gasteiger partial charge in [-0.3, -0.25) is 0 Å². The average molecular weight is 359 g/mol. The van der Waals surface area contributed by atoms with Crippen LogP contribution in [0.1, 0.15) is 5.56 Å². The molecule has 25 heavy (non-hydrogen) atoms. The van der Waals surface area contributed by atoms with Gasteiger partial charge in [0.05, 0.1) is 0 Å². The van der Waals surface area contributed by atoms with Gasteiger partial charge in [-0.2, -0.15) is 0 Å². The molecule has 2 amide bonds. The summed E-state index contributed by atoms with van der Waals surface area (Å²) in [6, 6.07) is 12.9. The summed E-state index contributed by atoms with van der Waals surface area (Å²) >= 11 is 5.85. The van der Waals surface area contributed by atoms with Crippen molar-refractivity contribution in [2.45, 2.75) is 6.92 Å². The van der Waals surface area contributed by atoms with Crippen LogP contribution in [0.25, 0.3) is 0 Å². The lowest BCUT2D eigenvalue weighted by molar-refractivity contribution is 0.262. The van der Waals surface area contributed by atoms with Crippen molar-refractivity contribution < 1.29 is 4.79 Å². The number of rotatable bonds is 3. The summed E-state index contributed by atoms with van der Waals surface area (Å²) in [5, 5.41) is 6.34. The molecule has 1 saturated heterocycles. The van der Waals surface area contributed by atoms with Crippen LogP contribution in [-0.2, 0) is 0 Å². The highest BCUT2D eigenvalue weighted by molar-refractivity contribution is 6.30. The van der Waals surface area contributed by atoms with E-state index in [4.69, 9.17) is 11.6 Å². The predicted octanol–water partition coefficient (Wildman–Crippen LogP) is 4.04. The molecule has 1 fully saturated rings. The van der Waals surface area contributed by atoms with Gasteiger partial charge in [0.25, 0.3) is 0 Å². The van der Waals surface area contributed by atoms with E-state index < -0.39 is 0 Å². The molecular formula is C19H23ClN4O. The van der Waals surface area contributed by atoms with E-state index >= 15 is 0 Å². The van der Waals surface area contributed by atoms with Crippen LogP contribution in [0.3, 0.4) is 0 Å². The summed E-state index contributed by atoms with van der Waals surface area (Å²) in [7, 11) is 2.15. The minimum Gasteiger partial charge on any atom is -0.369 e. The maximum Gasteiger partial charge on any atom is 0.323 e. The normalized spacial score (nSPS) is 15.1. The molecule has 0 spiro atoms. The number of likely N-dealkylation sites (N-methyl/N-ethyl adjacent to an activating group) is 1. The van der Waals surface area contributed by atoms with Gasteiger partial charge in [0, 0.05) is 48.3 Å². The number of nitrogens with zero attached hydrogens (tertiary/aromatic N) is 2. The molecule has 132 valence electrons. The van der Waals surface area contributed by atoms with Crippen LogP contribution in [0, 0.1) is 6.92 Å². The van der Waals surface area contributed by atoms with Gasteiger partial charge in [0.1, 0.15) is 0 Å². The molecule has 0 atom stereocenters. The highest BCUT2D eigenvalue weighted by Crippen LogP contribution is 2.24. The summed E-state index contributed by atoms with van der Waals surface area (Å²) in [5.74, 6) is 0. The fourth-order valence-corrected chi connectivity index (χ4v) is 2.99. The zero-order chi connectivity index (χ0) is 17.8. The summed E-state index contributed by atoms with van der Waals surface area (Å²) in [5.41, 5.74) is 3.76. The van der Waals surface area contributed by atoms with Gasteiger partial charge in [-0.05, 0) is 62.0 Å². The van der Waals surface area contributed by atoms with Crippen LogP contribution in [0.4, 0.5) is 21.9 Å². The molecule has 0 bridgehead atoms. The Morgan fingerprint density at radius 2 is 1.68 bits per heavy atom. The van der Waals surface area contributed by atoms with E-state index in [0.717, 1.165) is 37.4 Å². The molecule has 2 aromatic carbocycles. The monoisotopic (exact) mass is 358 g/mol. The minimum absolute atomic E-state index is 0.266. The largest absolute Gasteiger partial charge is 0.369 e. The van der Waals surface area contributed by atoms with Gasteiger partial charge in [-0.1, -0.05) is 11.6 Å². The zero-order valence-corrected chi connectivity index (χ0v) is 15.3. The molecule has 0 unspecified atom stereocenters. The van der Waals surface area contributed by atoms with E-state index in [0.29, 0.717) is 10.7 Å². The number of urea groups is 1. The number of hydrogen-bond acceptors (Lipinski definition) is 3. The summed E-state index contributed by atoms with van der Waals surface area (Å²) in [6.07, 6.45) is 0. The molecule has 0 radical (unpaired) electrons. The molecule has 1 aliphatic rings. The number of nitrogens with one attached hydrogen (secondary N) is 2. The van der Waals surface area contributed by atoms with Gasteiger partial charge >= 0.3 is 6.03 Å². The molecule has 1 heterocycles. The zero-order valence-electron chi connectivity index (χ0n) is 14.6. The fourth-order valence-electron chi connectivity index (χ4n) is 2.87. The third kappa shape index (κ3) is 4.65. The van der Waals surface area contributed by atoms with Crippen LogP contribution in [0.15, 0.2) is 42.5 Å². The van der Waals surface area contributed by atoms with Crippen molar-refractivity contribution in [2.24, 2.45) is 0 Å². The molecule has 2 aromatic rings. The molecule has 3 rings (SSSR count). The SMILES string of the molecule is Cc1cc(N2CCN(C)CC2)ccc1NC(=O)Nc1ccc(Cl)cc1. The Kier molecular flexibility index (Phi) is 5.46. The van der Waals surface area contributed by atoms with Crippen LogP contribution in [-0.4, -0.2) is 44.2 Å². The van der Waals surface area contributed by atoms with Crippen molar-refractivity contribution >= 4 is 34.7 Å². The number of piperazine rings is 1. The number of hydrogen-bond donors (Lipinski definition) is 2. The molecule has 0 aliphatic carbocycles. The second kappa shape index (κ2) is 7.76. The van der Waals surface area contributed by atoms with E-state index in [1.165, 1.54) is 5.69 Å². The molecule has 0 saturated carbocycles. The van der Waals surface area contributed by atoms with E-state index in [2.05, 4.69) is 39.6 Å². The Labute approximate surface area is 153 Å². The van der Waals surface area contributed by atoms with Gasteiger partial charge in [0.2, 0.25) is 0 Å². The lowest BCUT2D eigenvalue weighted by Gasteiger charge is -2.34. The number of amides is 2. The van der Waals surface area contributed by atoms with Gasteiger partial charge in [-0.25, -0.2) is 4.79 Å². The topological polar surface area (TPSA) is 47.6 Å². The summed E-state index contributed by atoms with van der Waals surface area (Å²) < 4.78 is 0. The van der Waals surface area contributed by atoms with E-state index in [1.807, 2.05) is 13.0 Å². The Bertz CT molecular complexity index is 740. The van der Waals surface area contributed by atoms with E-state index in [-0.39, 0.29) is 6.03 Å². The van der Waals surface area contributed by atoms with Crippen molar-refractivity contribution in [3.05, 3.63) is 53.1 Å². The predicted molar refractivity (Wildman–Crippen MR) is 105 cm³/mol. The number of benzene rings is 2. The second-order valence-corrected chi connectivity index (χ2v) is 6.81.